The lowest BCUT2D eigenvalue weighted by molar-refractivity contribution is 0.0468. The molecule has 0 aliphatic heterocycles. The van der Waals surface area contributed by atoms with Crippen LogP contribution in [0.4, 0.5) is 0 Å². The number of ether oxygens (including phenoxy) is 1. The summed E-state index contributed by atoms with van der Waals surface area (Å²) in [6, 6.07) is 12.6. The highest BCUT2D eigenvalue weighted by Gasteiger charge is 2.26. The number of aryl methyl sites for hydroxylation is 1. The van der Waals surface area contributed by atoms with Crippen molar-refractivity contribution in [3.63, 3.8) is 0 Å². The number of fused-ring (bicyclic) bond motifs is 3. The van der Waals surface area contributed by atoms with Crippen molar-refractivity contribution in [2.45, 2.75) is 32.8 Å². The van der Waals surface area contributed by atoms with Crippen LogP contribution < -0.4 is 5.56 Å². The summed E-state index contributed by atoms with van der Waals surface area (Å²) in [6.45, 7) is 2.12. The fourth-order valence-corrected chi connectivity index (χ4v) is 4.54. The SMILES string of the molecule is C[C@H]1CCc2nc3ccccc3c(C(=O)OCc3cc(=O)n4cc(Br)ccc4n3)c2C1. The number of halogens is 1. The third-order valence-electron chi connectivity index (χ3n) is 5.74. The molecule has 7 heteroatoms. The number of carbonyl (C=O) groups is 1. The van der Waals surface area contributed by atoms with Crippen molar-refractivity contribution >= 4 is 38.4 Å². The molecule has 1 aliphatic carbocycles. The summed E-state index contributed by atoms with van der Waals surface area (Å²) in [5.74, 6) is 0.0882. The van der Waals surface area contributed by atoms with Crippen LogP contribution in [0, 0.1) is 5.92 Å². The second-order valence-electron chi connectivity index (χ2n) is 8.01. The van der Waals surface area contributed by atoms with Crippen LogP contribution >= 0.6 is 15.9 Å². The Kier molecular flexibility index (Phi) is 5.06. The van der Waals surface area contributed by atoms with Gasteiger partial charge in [0, 0.05) is 27.8 Å². The zero-order valence-electron chi connectivity index (χ0n) is 17.0. The van der Waals surface area contributed by atoms with Crippen molar-refractivity contribution in [1.29, 1.82) is 0 Å². The van der Waals surface area contributed by atoms with Gasteiger partial charge < -0.3 is 4.74 Å². The van der Waals surface area contributed by atoms with Crippen LogP contribution in [0.2, 0.25) is 0 Å². The van der Waals surface area contributed by atoms with E-state index >= 15 is 0 Å². The normalized spacial score (nSPS) is 15.7. The smallest absolute Gasteiger partial charge is 0.339 e. The summed E-state index contributed by atoms with van der Waals surface area (Å²) in [5, 5.41) is 0.803. The van der Waals surface area contributed by atoms with Gasteiger partial charge in [-0.2, -0.15) is 0 Å². The predicted molar refractivity (Wildman–Crippen MR) is 121 cm³/mol. The lowest BCUT2D eigenvalue weighted by atomic mass is 9.84. The van der Waals surface area contributed by atoms with Crippen molar-refractivity contribution < 1.29 is 9.53 Å². The van der Waals surface area contributed by atoms with E-state index in [4.69, 9.17) is 9.72 Å². The maximum atomic E-state index is 13.2. The Morgan fingerprint density at radius 2 is 2.06 bits per heavy atom. The fraction of sp³-hybridized carbons (Fsp3) is 0.250. The first kappa shape index (κ1) is 19.9. The third-order valence-corrected chi connectivity index (χ3v) is 6.21. The molecule has 0 unspecified atom stereocenters. The summed E-state index contributed by atoms with van der Waals surface area (Å²) in [5.41, 5.74) is 4.06. The number of pyridine rings is 2. The van der Waals surface area contributed by atoms with E-state index in [0.29, 0.717) is 22.8 Å². The van der Waals surface area contributed by atoms with E-state index in [-0.39, 0.29) is 12.2 Å². The number of nitrogens with zero attached hydrogens (tertiary/aromatic N) is 3. The molecule has 0 bridgehead atoms. The van der Waals surface area contributed by atoms with Crippen molar-refractivity contribution in [1.82, 2.24) is 14.4 Å². The van der Waals surface area contributed by atoms with Crippen LogP contribution in [0.5, 0.6) is 0 Å². The third kappa shape index (κ3) is 3.74. The number of esters is 1. The van der Waals surface area contributed by atoms with Crippen LogP contribution in [-0.4, -0.2) is 20.3 Å². The molecule has 0 amide bonds. The molecule has 0 radical (unpaired) electrons. The molecule has 31 heavy (non-hydrogen) atoms. The highest BCUT2D eigenvalue weighted by atomic mass is 79.9. The largest absolute Gasteiger partial charge is 0.456 e. The molecule has 0 N–H and O–H groups in total. The van der Waals surface area contributed by atoms with E-state index in [2.05, 4.69) is 27.8 Å². The van der Waals surface area contributed by atoms with Gasteiger partial charge in [-0.05, 0) is 64.9 Å². The molecule has 4 aromatic rings. The van der Waals surface area contributed by atoms with Gasteiger partial charge >= 0.3 is 5.97 Å². The number of hydrogen-bond acceptors (Lipinski definition) is 5. The van der Waals surface area contributed by atoms with Crippen LogP contribution in [-0.2, 0) is 24.2 Å². The number of carbonyl (C=O) groups excluding carboxylic acids is 1. The summed E-state index contributed by atoms with van der Waals surface area (Å²) < 4.78 is 7.90. The predicted octanol–water partition coefficient (Wildman–Crippen LogP) is 4.49. The quantitative estimate of drug-likeness (QED) is 0.406. The fourth-order valence-electron chi connectivity index (χ4n) is 4.21. The van der Waals surface area contributed by atoms with Crippen molar-refractivity contribution in [2.24, 2.45) is 5.92 Å². The molecular weight excluding hydrogens is 458 g/mol. The van der Waals surface area contributed by atoms with Crippen LogP contribution in [0.15, 0.2) is 57.9 Å². The molecule has 3 aromatic heterocycles. The Balaban J connectivity index is 1.50. The molecule has 5 rings (SSSR count). The highest BCUT2D eigenvalue weighted by molar-refractivity contribution is 9.10. The standard InChI is InChI=1S/C24H20BrN3O3/c1-14-6-8-20-18(10-14)23(17-4-2-3-5-19(17)27-20)24(30)31-13-16-11-22(29)28-12-15(25)7-9-21(28)26-16/h2-5,7,9,11-12,14H,6,8,10,13H2,1H3/t14-/m0/s1. The molecule has 0 saturated carbocycles. The minimum Gasteiger partial charge on any atom is -0.456 e. The molecule has 3 heterocycles. The molecular formula is C24H20BrN3O3. The Bertz CT molecular complexity index is 1400. The molecule has 1 atom stereocenters. The molecule has 0 fully saturated rings. The second-order valence-corrected chi connectivity index (χ2v) is 8.93. The average molecular weight is 478 g/mol. The van der Waals surface area contributed by atoms with Gasteiger partial charge in [0.1, 0.15) is 12.3 Å². The van der Waals surface area contributed by atoms with Crippen LogP contribution in [0.1, 0.15) is 40.7 Å². The Hall–Kier alpha value is -3.06. The highest BCUT2D eigenvalue weighted by Crippen LogP contribution is 2.32. The molecule has 1 aliphatic rings. The second kappa shape index (κ2) is 7.89. The molecule has 0 spiro atoms. The Labute approximate surface area is 187 Å². The van der Waals surface area contributed by atoms with E-state index < -0.39 is 5.97 Å². The minimum absolute atomic E-state index is 0.0678. The van der Waals surface area contributed by atoms with Gasteiger partial charge in [0.2, 0.25) is 0 Å². The van der Waals surface area contributed by atoms with Gasteiger partial charge in [-0.1, -0.05) is 25.1 Å². The molecule has 156 valence electrons. The molecule has 6 nitrogen and oxygen atoms in total. The van der Waals surface area contributed by atoms with E-state index in [1.807, 2.05) is 30.3 Å². The van der Waals surface area contributed by atoms with Gasteiger partial charge in [0.05, 0.1) is 16.8 Å². The topological polar surface area (TPSA) is 73.6 Å². The first-order valence-corrected chi connectivity index (χ1v) is 11.0. The lowest BCUT2D eigenvalue weighted by Gasteiger charge is -2.24. The minimum atomic E-state index is -0.401. The Morgan fingerprint density at radius 3 is 2.94 bits per heavy atom. The first-order valence-electron chi connectivity index (χ1n) is 10.2. The summed E-state index contributed by atoms with van der Waals surface area (Å²) in [6.07, 6.45) is 4.40. The number of aromatic nitrogens is 3. The lowest BCUT2D eigenvalue weighted by Crippen LogP contribution is -2.20. The number of para-hydroxylation sites is 1. The van der Waals surface area contributed by atoms with E-state index in [1.54, 1.807) is 12.3 Å². The monoisotopic (exact) mass is 477 g/mol. The summed E-state index contributed by atoms with van der Waals surface area (Å²) >= 11 is 3.35. The number of hydrogen-bond donors (Lipinski definition) is 0. The Morgan fingerprint density at radius 1 is 1.23 bits per heavy atom. The maximum Gasteiger partial charge on any atom is 0.339 e. The average Bonchev–Trinajstić information content (AvgIpc) is 2.76. The number of benzene rings is 1. The van der Waals surface area contributed by atoms with Gasteiger partial charge in [-0.25, -0.2) is 9.78 Å². The number of rotatable bonds is 3. The summed E-state index contributed by atoms with van der Waals surface area (Å²) in [4.78, 5) is 34.9. The van der Waals surface area contributed by atoms with Gasteiger partial charge in [-0.3, -0.25) is 14.2 Å². The molecule has 1 aromatic carbocycles. The summed E-state index contributed by atoms with van der Waals surface area (Å²) in [7, 11) is 0. The van der Waals surface area contributed by atoms with Crippen LogP contribution in [0.25, 0.3) is 16.6 Å². The maximum absolute atomic E-state index is 13.2. The van der Waals surface area contributed by atoms with Crippen molar-refractivity contribution in [2.75, 3.05) is 0 Å². The zero-order chi connectivity index (χ0) is 21.5. The van der Waals surface area contributed by atoms with E-state index in [9.17, 15) is 9.59 Å². The van der Waals surface area contributed by atoms with Gasteiger partial charge in [0.15, 0.2) is 0 Å². The van der Waals surface area contributed by atoms with E-state index in [1.165, 1.54) is 10.5 Å². The zero-order valence-corrected chi connectivity index (χ0v) is 18.6. The van der Waals surface area contributed by atoms with Crippen LogP contribution in [0.3, 0.4) is 0 Å². The van der Waals surface area contributed by atoms with Crippen molar-refractivity contribution in [3.05, 3.63) is 86.0 Å². The van der Waals surface area contributed by atoms with E-state index in [0.717, 1.165) is 45.9 Å². The van der Waals surface area contributed by atoms with Gasteiger partial charge in [0.25, 0.3) is 5.56 Å². The van der Waals surface area contributed by atoms with Crippen molar-refractivity contribution in [3.8, 4) is 0 Å². The van der Waals surface area contributed by atoms with Gasteiger partial charge in [-0.15, -0.1) is 0 Å². The first-order chi connectivity index (χ1) is 15.0. The molecule has 0 saturated heterocycles.